The number of aliphatic hydroxyl groups is 1. The summed E-state index contributed by atoms with van der Waals surface area (Å²) >= 11 is 0. The second-order valence-corrected chi connectivity index (χ2v) is 8.95. The summed E-state index contributed by atoms with van der Waals surface area (Å²) in [5, 5.41) is 13.5. The first kappa shape index (κ1) is 17.8. The molecule has 134 valence electrons. The van der Waals surface area contributed by atoms with Crippen LogP contribution in [0.2, 0.25) is 0 Å². The van der Waals surface area contributed by atoms with Gasteiger partial charge in [0.1, 0.15) is 0 Å². The average Bonchev–Trinajstić information content (AvgIpc) is 2.80. The fourth-order valence-electron chi connectivity index (χ4n) is 3.34. The van der Waals surface area contributed by atoms with Crippen molar-refractivity contribution in [3.63, 3.8) is 0 Å². The monoisotopic (exact) mass is 354 g/mol. The number of aliphatic hydroxyl groups excluding tert-OH is 1. The quantitative estimate of drug-likeness (QED) is 0.782. The first-order valence-corrected chi connectivity index (χ1v) is 10.3. The van der Waals surface area contributed by atoms with Crippen molar-refractivity contribution in [2.45, 2.75) is 25.1 Å². The van der Waals surface area contributed by atoms with Crippen molar-refractivity contribution in [3.8, 4) is 0 Å². The van der Waals surface area contributed by atoms with Crippen molar-refractivity contribution in [1.82, 2.24) is 10.2 Å². The Morgan fingerprint density at radius 2 is 1.92 bits per heavy atom. The largest absolute Gasteiger partial charge is 0.390 e. The van der Waals surface area contributed by atoms with E-state index in [1.54, 1.807) is 0 Å². The van der Waals surface area contributed by atoms with Gasteiger partial charge in [0.05, 0.1) is 30.8 Å². The molecule has 2 N–H and O–H groups in total. The lowest BCUT2D eigenvalue weighted by Gasteiger charge is -2.33. The van der Waals surface area contributed by atoms with Crippen LogP contribution in [-0.2, 0) is 14.6 Å². The Labute approximate surface area is 143 Å². The number of rotatable bonds is 5. The number of sulfone groups is 1. The predicted octanol–water partition coefficient (Wildman–Crippen LogP) is 0.116. The molecule has 2 heterocycles. The average molecular weight is 354 g/mol. The third-order valence-corrected chi connectivity index (χ3v) is 6.48. The normalized spacial score (nSPS) is 28.8. The molecule has 2 aliphatic heterocycles. The molecule has 24 heavy (non-hydrogen) atoms. The summed E-state index contributed by atoms with van der Waals surface area (Å²) in [7, 11) is -3.16. The van der Waals surface area contributed by atoms with E-state index in [4.69, 9.17) is 4.74 Å². The van der Waals surface area contributed by atoms with E-state index in [9.17, 15) is 13.5 Å². The van der Waals surface area contributed by atoms with Crippen LogP contribution in [0.1, 0.15) is 17.2 Å². The van der Waals surface area contributed by atoms with Gasteiger partial charge in [0.25, 0.3) is 0 Å². The fourth-order valence-corrected chi connectivity index (χ4v) is 5.10. The Kier molecular flexibility index (Phi) is 5.56. The number of benzene rings is 1. The van der Waals surface area contributed by atoms with Gasteiger partial charge in [-0.2, -0.15) is 0 Å². The molecule has 3 atom stereocenters. The number of hydrogen-bond donors (Lipinski definition) is 2. The van der Waals surface area contributed by atoms with E-state index < -0.39 is 22.0 Å². The van der Waals surface area contributed by atoms with Gasteiger partial charge in [0.2, 0.25) is 0 Å². The number of aryl methyl sites for hydroxylation is 1. The summed E-state index contributed by atoms with van der Waals surface area (Å²) in [6, 6.07) is 7.84. The summed E-state index contributed by atoms with van der Waals surface area (Å²) in [5.74, 6) is -0.150. The lowest BCUT2D eigenvalue weighted by molar-refractivity contribution is 0.0317. The zero-order chi connectivity index (χ0) is 17.2. The van der Waals surface area contributed by atoms with E-state index in [1.807, 2.05) is 6.92 Å². The number of hydrogen-bond acceptors (Lipinski definition) is 6. The maximum Gasteiger partial charge on any atom is 0.154 e. The van der Waals surface area contributed by atoms with Crippen molar-refractivity contribution >= 4 is 9.84 Å². The zero-order valence-electron chi connectivity index (χ0n) is 14.0. The molecule has 3 unspecified atom stereocenters. The highest BCUT2D eigenvalue weighted by atomic mass is 32.2. The third kappa shape index (κ3) is 4.55. The zero-order valence-corrected chi connectivity index (χ0v) is 14.8. The number of ether oxygens (including phenoxy) is 1. The van der Waals surface area contributed by atoms with Crippen LogP contribution in [-0.4, -0.2) is 74.9 Å². The van der Waals surface area contributed by atoms with Gasteiger partial charge < -0.3 is 15.2 Å². The highest BCUT2D eigenvalue weighted by molar-refractivity contribution is 7.91. The molecule has 2 saturated heterocycles. The highest BCUT2D eigenvalue weighted by Crippen LogP contribution is 2.21. The Balaban J connectivity index is 1.75. The molecule has 6 nitrogen and oxygen atoms in total. The summed E-state index contributed by atoms with van der Waals surface area (Å²) in [6.07, 6.45) is -0.840. The maximum absolute atomic E-state index is 11.8. The molecule has 0 aliphatic carbocycles. The molecule has 0 saturated carbocycles. The van der Waals surface area contributed by atoms with Crippen LogP contribution in [0.3, 0.4) is 0 Å². The van der Waals surface area contributed by atoms with Crippen LogP contribution in [0.15, 0.2) is 24.3 Å². The second kappa shape index (κ2) is 7.49. The van der Waals surface area contributed by atoms with Gasteiger partial charge in [-0.25, -0.2) is 8.42 Å². The van der Waals surface area contributed by atoms with E-state index in [0.717, 1.165) is 38.4 Å². The SMILES string of the molecule is Cc1ccc(C(CN2CCOCC2)NC2CS(=O)(=O)CC2O)cc1. The number of nitrogens with zero attached hydrogens (tertiary/aromatic N) is 1. The molecule has 2 fully saturated rings. The first-order chi connectivity index (χ1) is 11.4. The fraction of sp³-hybridized carbons (Fsp3) is 0.647. The van der Waals surface area contributed by atoms with Crippen molar-refractivity contribution < 1.29 is 18.3 Å². The Morgan fingerprint density at radius 1 is 1.25 bits per heavy atom. The minimum absolute atomic E-state index is 0.000358. The molecular formula is C17H26N2O4S. The van der Waals surface area contributed by atoms with Crippen LogP contribution >= 0.6 is 0 Å². The first-order valence-electron chi connectivity index (χ1n) is 8.44. The smallest absolute Gasteiger partial charge is 0.154 e. The number of morpholine rings is 1. The molecular weight excluding hydrogens is 328 g/mol. The van der Waals surface area contributed by atoms with Crippen LogP contribution in [0.5, 0.6) is 0 Å². The van der Waals surface area contributed by atoms with Gasteiger partial charge in [0.15, 0.2) is 9.84 Å². The lowest BCUT2D eigenvalue weighted by atomic mass is 10.0. The standard InChI is InChI=1S/C17H26N2O4S/c1-13-2-4-14(5-3-13)15(10-19-6-8-23-9-7-19)18-16-11-24(21,22)12-17(16)20/h2-5,15-18,20H,6-12H2,1H3. The molecule has 0 radical (unpaired) electrons. The van der Waals surface area contributed by atoms with E-state index in [0.29, 0.717) is 0 Å². The van der Waals surface area contributed by atoms with Crippen molar-refractivity contribution in [2.75, 3.05) is 44.4 Å². The molecule has 0 amide bonds. The third-order valence-electron chi connectivity index (χ3n) is 4.76. The molecule has 3 rings (SSSR count). The van der Waals surface area contributed by atoms with E-state index in [1.165, 1.54) is 5.56 Å². The van der Waals surface area contributed by atoms with Crippen LogP contribution in [0.25, 0.3) is 0 Å². The van der Waals surface area contributed by atoms with Gasteiger partial charge in [-0.1, -0.05) is 29.8 Å². The molecule has 1 aromatic carbocycles. The van der Waals surface area contributed by atoms with Crippen molar-refractivity contribution in [1.29, 1.82) is 0 Å². The summed E-state index contributed by atoms with van der Waals surface area (Å²) in [4.78, 5) is 2.32. The Morgan fingerprint density at radius 3 is 2.50 bits per heavy atom. The molecule has 1 aromatic rings. The van der Waals surface area contributed by atoms with Crippen molar-refractivity contribution in [3.05, 3.63) is 35.4 Å². The van der Waals surface area contributed by atoms with Crippen LogP contribution in [0.4, 0.5) is 0 Å². The van der Waals surface area contributed by atoms with E-state index in [-0.39, 0.29) is 17.5 Å². The minimum Gasteiger partial charge on any atom is -0.390 e. The topological polar surface area (TPSA) is 78.9 Å². The molecule has 0 bridgehead atoms. The lowest BCUT2D eigenvalue weighted by Crippen LogP contribution is -2.47. The second-order valence-electron chi connectivity index (χ2n) is 6.79. The van der Waals surface area contributed by atoms with Crippen LogP contribution < -0.4 is 5.32 Å². The number of nitrogens with one attached hydrogen (secondary N) is 1. The summed E-state index contributed by atoms with van der Waals surface area (Å²) in [6.45, 7) is 6.00. The minimum atomic E-state index is -3.16. The van der Waals surface area contributed by atoms with Gasteiger partial charge >= 0.3 is 0 Å². The van der Waals surface area contributed by atoms with Gasteiger partial charge in [-0.15, -0.1) is 0 Å². The summed E-state index contributed by atoms with van der Waals surface area (Å²) in [5.41, 5.74) is 2.30. The highest BCUT2D eigenvalue weighted by Gasteiger charge is 2.37. The Hall–Kier alpha value is -0.990. The Bertz CT molecular complexity index is 641. The molecule has 7 heteroatoms. The van der Waals surface area contributed by atoms with Gasteiger partial charge in [0, 0.05) is 31.7 Å². The van der Waals surface area contributed by atoms with Gasteiger partial charge in [-0.3, -0.25) is 4.90 Å². The van der Waals surface area contributed by atoms with Crippen molar-refractivity contribution in [2.24, 2.45) is 0 Å². The summed E-state index contributed by atoms with van der Waals surface area (Å²) < 4.78 is 29.0. The molecule has 0 aromatic heterocycles. The van der Waals surface area contributed by atoms with Crippen LogP contribution in [0, 0.1) is 6.92 Å². The van der Waals surface area contributed by atoms with E-state index in [2.05, 4.69) is 34.5 Å². The molecule has 2 aliphatic rings. The maximum atomic E-state index is 11.8. The van der Waals surface area contributed by atoms with E-state index >= 15 is 0 Å². The predicted molar refractivity (Wildman–Crippen MR) is 92.8 cm³/mol. The molecule has 0 spiro atoms. The van der Waals surface area contributed by atoms with Gasteiger partial charge in [-0.05, 0) is 12.5 Å².